The van der Waals surface area contributed by atoms with E-state index in [9.17, 15) is 13.6 Å². The van der Waals surface area contributed by atoms with E-state index in [2.05, 4.69) is 0 Å². The molecule has 1 atom stereocenters. The molecule has 1 saturated heterocycles. The van der Waals surface area contributed by atoms with Crippen molar-refractivity contribution >= 4 is 17.5 Å². The van der Waals surface area contributed by atoms with E-state index in [0.29, 0.717) is 29.7 Å². The number of amides is 1. The van der Waals surface area contributed by atoms with Crippen LogP contribution < -0.4 is 0 Å². The number of hydrogen-bond acceptors (Lipinski definition) is 1. The van der Waals surface area contributed by atoms with Crippen molar-refractivity contribution in [2.45, 2.75) is 26.3 Å². The third kappa shape index (κ3) is 3.46. The van der Waals surface area contributed by atoms with Crippen LogP contribution in [-0.2, 0) is 6.42 Å². The molecule has 0 N–H and O–H groups in total. The van der Waals surface area contributed by atoms with Gasteiger partial charge in [-0.15, -0.1) is 0 Å². The molecule has 1 aliphatic heterocycles. The molecule has 2 heterocycles. The lowest BCUT2D eigenvalue weighted by atomic mass is 9.99. The van der Waals surface area contributed by atoms with Gasteiger partial charge < -0.3 is 4.90 Å². The summed E-state index contributed by atoms with van der Waals surface area (Å²) in [6.45, 7) is 0.0712. The van der Waals surface area contributed by atoms with E-state index in [1.54, 1.807) is 17.9 Å². The summed E-state index contributed by atoms with van der Waals surface area (Å²) in [5.41, 5.74) is 1.63. The van der Waals surface area contributed by atoms with E-state index in [4.69, 9.17) is 11.6 Å². The van der Waals surface area contributed by atoms with Crippen molar-refractivity contribution in [1.82, 2.24) is 9.47 Å². The summed E-state index contributed by atoms with van der Waals surface area (Å²) in [4.78, 5) is 14.3. The number of aryl methyl sites for hydroxylation is 1. The van der Waals surface area contributed by atoms with Gasteiger partial charge in [-0.1, -0.05) is 23.7 Å². The molecule has 1 unspecified atom stereocenters. The molecule has 0 bridgehead atoms. The Labute approximate surface area is 144 Å². The normalized spacial score (nSPS) is 17.7. The molecule has 2 aromatic rings. The number of carbonyl (C=O) groups is 1. The first-order chi connectivity index (χ1) is 11.5. The summed E-state index contributed by atoms with van der Waals surface area (Å²) in [5.74, 6) is 0.0215. The molecule has 1 aromatic carbocycles. The molecule has 1 aromatic heterocycles. The van der Waals surface area contributed by atoms with Crippen LogP contribution in [-0.4, -0.2) is 28.5 Å². The van der Waals surface area contributed by atoms with Crippen LogP contribution in [0, 0.1) is 12.8 Å². The first-order valence-corrected chi connectivity index (χ1v) is 8.33. The number of carbonyl (C=O) groups excluding carboxylic acids is 1. The van der Waals surface area contributed by atoms with Gasteiger partial charge in [0.15, 0.2) is 0 Å². The molecule has 128 valence electrons. The average Bonchev–Trinajstić information content (AvgIpc) is 3.15. The van der Waals surface area contributed by atoms with Crippen molar-refractivity contribution in [3.8, 4) is 0 Å². The van der Waals surface area contributed by atoms with Crippen molar-refractivity contribution in [3.05, 3.63) is 58.4 Å². The molecule has 1 aliphatic rings. The van der Waals surface area contributed by atoms with Crippen molar-refractivity contribution in [1.29, 1.82) is 0 Å². The van der Waals surface area contributed by atoms with Crippen LogP contribution in [0.25, 0.3) is 0 Å². The van der Waals surface area contributed by atoms with Crippen LogP contribution >= 0.6 is 11.6 Å². The van der Waals surface area contributed by atoms with Crippen LogP contribution in [0.15, 0.2) is 36.4 Å². The Morgan fingerprint density at radius 2 is 1.96 bits per heavy atom. The van der Waals surface area contributed by atoms with Crippen molar-refractivity contribution in [3.63, 3.8) is 0 Å². The minimum absolute atomic E-state index is 0.0645. The molecule has 0 spiro atoms. The zero-order valence-electron chi connectivity index (χ0n) is 13.4. The van der Waals surface area contributed by atoms with Gasteiger partial charge in [-0.2, -0.15) is 8.78 Å². The number of halogens is 3. The summed E-state index contributed by atoms with van der Waals surface area (Å²) >= 11 is 5.89. The Bertz CT molecular complexity index is 727. The van der Waals surface area contributed by atoms with Gasteiger partial charge in [0.2, 0.25) is 0 Å². The first kappa shape index (κ1) is 17.0. The fourth-order valence-corrected chi connectivity index (χ4v) is 3.41. The number of benzene rings is 1. The maximum absolute atomic E-state index is 13.1. The molecule has 0 radical (unpaired) electrons. The Morgan fingerprint density at radius 3 is 2.62 bits per heavy atom. The van der Waals surface area contributed by atoms with Crippen LogP contribution in [0.2, 0.25) is 5.02 Å². The van der Waals surface area contributed by atoms with Crippen LogP contribution in [0.4, 0.5) is 8.78 Å². The topological polar surface area (TPSA) is 25.2 Å². The smallest absolute Gasteiger partial charge is 0.319 e. The molecule has 3 nitrogen and oxygen atoms in total. The minimum atomic E-state index is -2.70. The highest BCUT2D eigenvalue weighted by Crippen LogP contribution is 2.25. The van der Waals surface area contributed by atoms with E-state index >= 15 is 0 Å². The Morgan fingerprint density at radius 1 is 1.25 bits per heavy atom. The highest BCUT2D eigenvalue weighted by molar-refractivity contribution is 6.30. The monoisotopic (exact) mass is 352 g/mol. The summed E-state index contributed by atoms with van der Waals surface area (Å²) in [6, 6.07) is 10.7. The molecule has 1 fully saturated rings. The third-order valence-corrected chi connectivity index (χ3v) is 4.80. The summed E-state index contributed by atoms with van der Waals surface area (Å²) in [7, 11) is 0. The van der Waals surface area contributed by atoms with Crippen molar-refractivity contribution < 1.29 is 13.6 Å². The predicted octanol–water partition coefficient (Wildman–Crippen LogP) is 4.55. The molecule has 3 rings (SSSR count). The maximum atomic E-state index is 13.1. The Hall–Kier alpha value is -1.88. The summed E-state index contributed by atoms with van der Waals surface area (Å²) in [5, 5.41) is 0.699. The standard InChI is InChI=1S/C18H19ClF2N2O/c1-12-2-7-16(23(12)18(20)21)17(24)22-9-8-14(11-22)10-13-3-5-15(19)6-4-13/h2-7,14,18H,8-11H2,1H3. The quantitative estimate of drug-likeness (QED) is 0.792. The van der Waals surface area contributed by atoms with E-state index in [1.807, 2.05) is 24.3 Å². The maximum Gasteiger partial charge on any atom is 0.319 e. The zero-order valence-corrected chi connectivity index (χ0v) is 14.1. The van der Waals surface area contributed by atoms with Gasteiger partial charge in [0, 0.05) is 23.8 Å². The number of alkyl halides is 2. The fourth-order valence-electron chi connectivity index (χ4n) is 3.28. The highest BCUT2D eigenvalue weighted by atomic mass is 35.5. The van der Waals surface area contributed by atoms with E-state index in [-0.39, 0.29) is 11.6 Å². The lowest BCUT2D eigenvalue weighted by Gasteiger charge is -2.18. The molecule has 24 heavy (non-hydrogen) atoms. The third-order valence-electron chi connectivity index (χ3n) is 4.55. The van der Waals surface area contributed by atoms with E-state index < -0.39 is 6.55 Å². The predicted molar refractivity (Wildman–Crippen MR) is 89.6 cm³/mol. The first-order valence-electron chi connectivity index (χ1n) is 7.95. The average molecular weight is 353 g/mol. The van der Waals surface area contributed by atoms with E-state index in [1.165, 1.54) is 11.6 Å². The molecule has 1 amide bonds. The van der Waals surface area contributed by atoms with Gasteiger partial charge in [-0.3, -0.25) is 9.36 Å². The van der Waals surface area contributed by atoms with Gasteiger partial charge in [0.1, 0.15) is 5.69 Å². The van der Waals surface area contributed by atoms with Crippen LogP contribution in [0.1, 0.15) is 34.7 Å². The van der Waals surface area contributed by atoms with Crippen molar-refractivity contribution in [2.24, 2.45) is 5.92 Å². The molecule has 6 heteroatoms. The summed E-state index contributed by atoms with van der Waals surface area (Å²) in [6.07, 6.45) is 1.73. The molecular formula is C18H19ClF2N2O. The second-order valence-corrected chi connectivity index (χ2v) is 6.68. The summed E-state index contributed by atoms with van der Waals surface area (Å²) < 4.78 is 27.1. The number of nitrogens with zero attached hydrogens (tertiary/aromatic N) is 2. The lowest BCUT2D eigenvalue weighted by molar-refractivity contribution is 0.0565. The Balaban J connectivity index is 1.67. The highest BCUT2D eigenvalue weighted by Gasteiger charge is 2.30. The second kappa shape index (κ2) is 6.93. The van der Waals surface area contributed by atoms with Gasteiger partial charge in [0.25, 0.3) is 5.91 Å². The minimum Gasteiger partial charge on any atom is -0.337 e. The SMILES string of the molecule is Cc1ccc(C(=O)N2CCC(Cc3ccc(Cl)cc3)C2)n1C(F)F. The molecule has 0 saturated carbocycles. The van der Waals surface area contributed by atoms with Gasteiger partial charge >= 0.3 is 6.55 Å². The number of likely N-dealkylation sites (tertiary alicyclic amines) is 1. The van der Waals surface area contributed by atoms with Gasteiger partial charge in [-0.25, -0.2) is 0 Å². The van der Waals surface area contributed by atoms with E-state index in [0.717, 1.165) is 17.4 Å². The number of rotatable bonds is 4. The fraction of sp³-hybridized carbons (Fsp3) is 0.389. The van der Waals surface area contributed by atoms with Gasteiger partial charge in [0.05, 0.1) is 0 Å². The van der Waals surface area contributed by atoms with Crippen LogP contribution in [0.3, 0.4) is 0 Å². The van der Waals surface area contributed by atoms with Crippen molar-refractivity contribution in [2.75, 3.05) is 13.1 Å². The number of aromatic nitrogens is 1. The van der Waals surface area contributed by atoms with Crippen LogP contribution in [0.5, 0.6) is 0 Å². The zero-order chi connectivity index (χ0) is 17.3. The van der Waals surface area contributed by atoms with Gasteiger partial charge in [-0.05, 0) is 55.5 Å². The number of hydrogen-bond donors (Lipinski definition) is 0. The molecular weight excluding hydrogens is 334 g/mol. The largest absolute Gasteiger partial charge is 0.337 e. The lowest BCUT2D eigenvalue weighted by Crippen LogP contribution is -2.31. The Kier molecular flexibility index (Phi) is 4.90. The molecule has 0 aliphatic carbocycles. The second-order valence-electron chi connectivity index (χ2n) is 6.24.